The molecule has 5 nitrogen and oxygen atoms in total. The third kappa shape index (κ3) is 4.81. The van der Waals surface area contributed by atoms with Crippen LogP contribution in [0.5, 0.6) is 5.75 Å². The average Bonchev–Trinajstić information content (AvgIpc) is 2.45. The topological polar surface area (TPSA) is 64.4 Å². The maximum atomic E-state index is 11.1. The molecular formula is C15H24N2O3. The lowest BCUT2D eigenvalue weighted by molar-refractivity contribution is -0.386. The maximum Gasteiger partial charge on any atom is 0.310 e. The Hall–Kier alpha value is -1.62. The minimum absolute atomic E-state index is 0.0209. The predicted molar refractivity (Wildman–Crippen MR) is 80.1 cm³/mol. The highest BCUT2D eigenvalue weighted by Gasteiger charge is 2.18. The maximum absolute atomic E-state index is 11.1. The summed E-state index contributed by atoms with van der Waals surface area (Å²) in [6.45, 7) is 7.77. The molecule has 0 amide bonds. The zero-order valence-corrected chi connectivity index (χ0v) is 12.5. The van der Waals surface area contributed by atoms with Gasteiger partial charge < -0.3 is 10.1 Å². The minimum Gasteiger partial charge on any atom is -0.484 e. The van der Waals surface area contributed by atoms with Crippen LogP contribution in [-0.4, -0.2) is 17.6 Å². The Morgan fingerprint density at radius 1 is 1.30 bits per heavy atom. The van der Waals surface area contributed by atoms with Crippen LogP contribution >= 0.6 is 0 Å². The molecule has 0 aromatic heterocycles. The van der Waals surface area contributed by atoms with Gasteiger partial charge in [-0.2, -0.15) is 0 Å². The first-order valence-electron chi connectivity index (χ1n) is 7.27. The molecule has 5 heteroatoms. The van der Waals surface area contributed by atoms with Gasteiger partial charge in [-0.25, -0.2) is 0 Å². The van der Waals surface area contributed by atoms with E-state index in [2.05, 4.69) is 12.2 Å². The molecule has 0 atom stereocenters. The zero-order chi connectivity index (χ0) is 15.0. The average molecular weight is 280 g/mol. The molecule has 0 spiro atoms. The molecule has 0 aliphatic rings. The summed E-state index contributed by atoms with van der Waals surface area (Å²) in [5.41, 5.74) is 1.04. The fourth-order valence-corrected chi connectivity index (χ4v) is 1.96. The minimum atomic E-state index is -0.388. The van der Waals surface area contributed by atoms with E-state index in [1.807, 2.05) is 13.8 Å². The highest BCUT2D eigenvalue weighted by molar-refractivity contribution is 5.48. The van der Waals surface area contributed by atoms with Gasteiger partial charge in [-0.05, 0) is 37.4 Å². The molecule has 112 valence electrons. The van der Waals surface area contributed by atoms with Crippen LogP contribution in [0.15, 0.2) is 18.2 Å². The summed E-state index contributed by atoms with van der Waals surface area (Å²) >= 11 is 0. The van der Waals surface area contributed by atoms with Gasteiger partial charge in [0.25, 0.3) is 0 Å². The van der Waals surface area contributed by atoms with Crippen LogP contribution in [0.3, 0.4) is 0 Å². The summed E-state index contributed by atoms with van der Waals surface area (Å²) in [4.78, 5) is 10.7. The number of hydrogen-bond acceptors (Lipinski definition) is 4. The Balaban J connectivity index is 2.90. The van der Waals surface area contributed by atoms with Gasteiger partial charge in [0.15, 0.2) is 5.75 Å². The van der Waals surface area contributed by atoms with Crippen molar-refractivity contribution >= 4 is 5.69 Å². The Labute approximate surface area is 120 Å². The Bertz CT molecular complexity index is 431. The second-order valence-corrected chi connectivity index (χ2v) is 4.79. The molecule has 20 heavy (non-hydrogen) atoms. The molecule has 1 N–H and O–H groups in total. The van der Waals surface area contributed by atoms with Crippen molar-refractivity contribution in [1.29, 1.82) is 0 Å². The van der Waals surface area contributed by atoms with Crippen molar-refractivity contribution in [3.05, 3.63) is 33.9 Å². The standard InChI is InChI=1S/C15H24N2O3/c1-4-9-16-11-12-7-8-14(17(18)19)15(10-12)20-13(5-2)6-3/h7-8,10,13,16H,4-6,9,11H2,1-3H3. The van der Waals surface area contributed by atoms with Gasteiger partial charge in [-0.3, -0.25) is 10.1 Å². The number of nitro benzene ring substituents is 1. The lowest BCUT2D eigenvalue weighted by Gasteiger charge is -2.16. The van der Waals surface area contributed by atoms with Gasteiger partial charge in [0.2, 0.25) is 0 Å². The van der Waals surface area contributed by atoms with Crippen LogP contribution in [-0.2, 0) is 6.54 Å². The van der Waals surface area contributed by atoms with E-state index in [1.165, 1.54) is 6.07 Å². The number of nitrogens with one attached hydrogen (secondary N) is 1. The van der Waals surface area contributed by atoms with Crippen molar-refractivity contribution in [2.24, 2.45) is 0 Å². The van der Waals surface area contributed by atoms with Crippen molar-refractivity contribution in [2.75, 3.05) is 6.54 Å². The second-order valence-electron chi connectivity index (χ2n) is 4.79. The summed E-state index contributed by atoms with van der Waals surface area (Å²) in [5.74, 6) is 0.375. The highest BCUT2D eigenvalue weighted by atomic mass is 16.6. The van der Waals surface area contributed by atoms with Crippen LogP contribution in [0.2, 0.25) is 0 Å². The molecule has 0 unspecified atom stereocenters. The third-order valence-electron chi connectivity index (χ3n) is 3.18. The monoisotopic (exact) mass is 280 g/mol. The van der Waals surface area contributed by atoms with E-state index in [4.69, 9.17) is 4.74 Å². The van der Waals surface area contributed by atoms with Crippen molar-refractivity contribution in [1.82, 2.24) is 5.32 Å². The fourth-order valence-electron chi connectivity index (χ4n) is 1.96. The summed E-state index contributed by atoms with van der Waals surface area (Å²) in [5, 5.41) is 14.3. The van der Waals surface area contributed by atoms with Crippen LogP contribution < -0.4 is 10.1 Å². The number of ether oxygens (including phenoxy) is 1. The van der Waals surface area contributed by atoms with Crippen molar-refractivity contribution in [3.8, 4) is 5.75 Å². The Morgan fingerprint density at radius 3 is 2.55 bits per heavy atom. The van der Waals surface area contributed by atoms with E-state index < -0.39 is 0 Å². The van der Waals surface area contributed by atoms with Gasteiger partial charge >= 0.3 is 5.69 Å². The molecule has 0 fully saturated rings. The number of rotatable bonds is 9. The van der Waals surface area contributed by atoms with E-state index in [9.17, 15) is 10.1 Å². The van der Waals surface area contributed by atoms with Crippen LogP contribution in [0.1, 0.15) is 45.6 Å². The molecule has 1 aromatic carbocycles. The van der Waals surface area contributed by atoms with E-state index >= 15 is 0 Å². The summed E-state index contributed by atoms with van der Waals surface area (Å²) in [6, 6.07) is 5.08. The quantitative estimate of drug-likeness (QED) is 0.426. The summed E-state index contributed by atoms with van der Waals surface area (Å²) in [6.07, 6.45) is 2.76. The molecule has 0 saturated carbocycles. The first kappa shape index (κ1) is 16.4. The molecule has 0 aliphatic heterocycles. The summed E-state index contributed by atoms with van der Waals surface area (Å²) in [7, 11) is 0. The lowest BCUT2D eigenvalue weighted by atomic mass is 10.1. The number of nitrogens with zero attached hydrogens (tertiary/aromatic N) is 1. The molecular weight excluding hydrogens is 256 g/mol. The molecule has 0 saturated heterocycles. The largest absolute Gasteiger partial charge is 0.484 e. The molecule has 0 aliphatic carbocycles. The molecule has 0 bridgehead atoms. The smallest absolute Gasteiger partial charge is 0.310 e. The van der Waals surface area contributed by atoms with Crippen molar-refractivity contribution < 1.29 is 9.66 Å². The van der Waals surface area contributed by atoms with Gasteiger partial charge in [0, 0.05) is 12.6 Å². The first-order valence-corrected chi connectivity index (χ1v) is 7.27. The van der Waals surface area contributed by atoms with Gasteiger partial charge in [-0.1, -0.05) is 26.8 Å². The first-order chi connectivity index (χ1) is 9.62. The van der Waals surface area contributed by atoms with Crippen molar-refractivity contribution in [2.45, 2.75) is 52.7 Å². The van der Waals surface area contributed by atoms with Crippen molar-refractivity contribution in [3.63, 3.8) is 0 Å². The fraction of sp³-hybridized carbons (Fsp3) is 0.600. The van der Waals surface area contributed by atoms with Gasteiger partial charge in [0.1, 0.15) is 0 Å². The van der Waals surface area contributed by atoms with E-state index in [1.54, 1.807) is 12.1 Å². The van der Waals surface area contributed by atoms with Gasteiger partial charge in [-0.15, -0.1) is 0 Å². The predicted octanol–water partition coefficient (Wildman–Crippen LogP) is 3.66. The zero-order valence-electron chi connectivity index (χ0n) is 12.5. The molecule has 0 radical (unpaired) electrons. The number of benzene rings is 1. The molecule has 1 aromatic rings. The second kappa shape index (κ2) is 8.53. The third-order valence-corrected chi connectivity index (χ3v) is 3.18. The SMILES string of the molecule is CCCNCc1ccc([N+](=O)[O-])c(OC(CC)CC)c1. The van der Waals surface area contributed by atoms with E-state index in [0.29, 0.717) is 12.3 Å². The van der Waals surface area contributed by atoms with Gasteiger partial charge in [0.05, 0.1) is 11.0 Å². The lowest BCUT2D eigenvalue weighted by Crippen LogP contribution is -2.16. The van der Waals surface area contributed by atoms with Crippen LogP contribution in [0.4, 0.5) is 5.69 Å². The normalized spacial score (nSPS) is 10.8. The Morgan fingerprint density at radius 2 is 2.00 bits per heavy atom. The van der Waals surface area contributed by atoms with E-state index in [0.717, 1.165) is 31.4 Å². The summed E-state index contributed by atoms with van der Waals surface area (Å²) < 4.78 is 5.78. The van der Waals surface area contributed by atoms with Crippen LogP contribution in [0.25, 0.3) is 0 Å². The highest BCUT2D eigenvalue weighted by Crippen LogP contribution is 2.29. The number of hydrogen-bond donors (Lipinski definition) is 1. The van der Waals surface area contributed by atoms with E-state index in [-0.39, 0.29) is 16.7 Å². The molecule has 0 heterocycles. The number of nitro groups is 1. The van der Waals surface area contributed by atoms with Crippen LogP contribution in [0, 0.1) is 10.1 Å². The molecule has 1 rings (SSSR count). The Kier molecular flexibility index (Phi) is 7.01.